The number of anilines is 2. The van der Waals surface area contributed by atoms with Gasteiger partial charge in [-0.3, -0.25) is 9.78 Å². The van der Waals surface area contributed by atoms with Crippen molar-refractivity contribution in [3.05, 3.63) is 53.9 Å². The van der Waals surface area contributed by atoms with Gasteiger partial charge in [0.25, 0.3) is 0 Å². The highest BCUT2D eigenvalue weighted by Crippen LogP contribution is 2.26. The van der Waals surface area contributed by atoms with Crippen LogP contribution in [0.1, 0.15) is 37.6 Å². The van der Waals surface area contributed by atoms with Crippen molar-refractivity contribution in [2.24, 2.45) is 0 Å². The lowest BCUT2D eigenvalue weighted by Gasteiger charge is -2.18. The molecule has 0 saturated carbocycles. The third-order valence-corrected chi connectivity index (χ3v) is 3.43. The highest BCUT2D eigenvalue weighted by atomic mass is 16.1. The number of carbonyl (C=O) groups excluding carboxylic acids is 1. The fraction of sp³-hybridized carbons (Fsp3) is 0.294. The van der Waals surface area contributed by atoms with E-state index in [0.717, 1.165) is 22.6 Å². The minimum atomic E-state index is 0.0213. The Bertz CT molecular complexity index is 611. The first-order chi connectivity index (χ1) is 10.1. The third kappa shape index (κ3) is 3.81. The third-order valence-electron chi connectivity index (χ3n) is 3.43. The second-order valence-electron chi connectivity index (χ2n) is 5.00. The SMILES string of the molecule is CCC(=O)Nc1cccc(NC(C)c2ccccn2)c1C. The lowest BCUT2D eigenvalue weighted by Crippen LogP contribution is -2.13. The van der Waals surface area contributed by atoms with Crippen LogP contribution in [0, 0.1) is 6.92 Å². The van der Waals surface area contributed by atoms with Gasteiger partial charge in [0, 0.05) is 24.0 Å². The van der Waals surface area contributed by atoms with Crippen molar-refractivity contribution in [2.45, 2.75) is 33.2 Å². The van der Waals surface area contributed by atoms with E-state index in [1.165, 1.54) is 0 Å². The molecule has 2 N–H and O–H groups in total. The summed E-state index contributed by atoms with van der Waals surface area (Å²) in [4.78, 5) is 15.9. The van der Waals surface area contributed by atoms with Crippen LogP contribution in [0.25, 0.3) is 0 Å². The van der Waals surface area contributed by atoms with Gasteiger partial charge < -0.3 is 10.6 Å². The zero-order valence-electron chi connectivity index (χ0n) is 12.7. The zero-order valence-corrected chi connectivity index (χ0v) is 12.7. The van der Waals surface area contributed by atoms with Crippen LogP contribution in [0.15, 0.2) is 42.6 Å². The van der Waals surface area contributed by atoms with E-state index in [9.17, 15) is 4.79 Å². The average molecular weight is 283 g/mol. The highest BCUT2D eigenvalue weighted by Gasteiger charge is 2.10. The standard InChI is InChI=1S/C17H21N3O/c1-4-17(21)20-15-10-7-9-14(12(15)2)19-13(3)16-8-5-6-11-18-16/h5-11,13,19H,4H2,1-3H3,(H,20,21). The largest absolute Gasteiger partial charge is 0.377 e. The van der Waals surface area contributed by atoms with Crippen LogP contribution in [0.3, 0.4) is 0 Å². The second-order valence-corrected chi connectivity index (χ2v) is 5.00. The summed E-state index contributed by atoms with van der Waals surface area (Å²) in [5, 5.41) is 6.36. The quantitative estimate of drug-likeness (QED) is 0.874. The van der Waals surface area contributed by atoms with Crippen molar-refractivity contribution in [3.8, 4) is 0 Å². The Hall–Kier alpha value is -2.36. The first-order valence-electron chi connectivity index (χ1n) is 7.18. The zero-order chi connectivity index (χ0) is 15.2. The lowest BCUT2D eigenvalue weighted by atomic mass is 10.1. The van der Waals surface area contributed by atoms with Crippen molar-refractivity contribution >= 4 is 17.3 Å². The second kappa shape index (κ2) is 6.88. The molecule has 0 spiro atoms. The van der Waals surface area contributed by atoms with Crippen LogP contribution in [-0.2, 0) is 4.79 Å². The molecule has 4 heteroatoms. The number of aromatic nitrogens is 1. The topological polar surface area (TPSA) is 54.0 Å². The van der Waals surface area contributed by atoms with Crippen molar-refractivity contribution in [1.29, 1.82) is 0 Å². The van der Waals surface area contributed by atoms with E-state index in [1.807, 2.05) is 50.2 Å². The fourth-order valence-corrected chi connectivity index (χ4v) is 2.11. The molecule has 1 unspecified atom stereocenters. The fourth-order valence-electron chi connectivity index (χ4n) is 2.11. The van der Waals surface area contributed by atoms with E-state index in [1.54, 1.807) is 6.20 Å². The van der Waals surface area contributed by atoms with Gasteiger partial charge in [-0.25, -0.2) is 0 Å². The maximum atomic E-state index is 11.5. The summed E-state index contributed by atoms with van der Waals surface area (Å²) in [6.45, 7) is 5.91. The van der Waals surface area contributed by atoms with Crippen LogP contribution in [0.2, 0.25) is 0 Å². The number of nitrogens with one attached hydrogen (secondary N) is 2. The van der Waals surface area contributed by atoms with Gasteiger partial charge in [-0.2, -0.15) is 0 Å². The molecule has 21 heavy (non-hydrogen) atoms. The molecule has 0 radical (unpaired) electrons. The van der Waals surface area contributed by atoms with Crippen molar-refractivity contribution < 1.29 is 4.79 Å². The molecule has 1 aromatic carbocycles. The first kappa shape index (κ1) is 15.0. The molecule has 1 heterocycles. The number of carbonyl (C=O) groups is 1. The Labute approximate surface area is 125 Å². The molecule has 1 aromatic heterocycles. The molecule has 0 aliphatic heterocycles. The van der Waals surface area contributed by atoms with Gasteiger partial charge in [-0.15, -0.1) is 0 Å². The summed E-state index contributed by atoms with van der Waals surface area (Å²) >= 11 is 0. The predicted octanol–water partition coefficient (Wildman–Crippen LogP) is 3.91. The minimum Gasteiger partial charge on any atom is -0.377 e. The van der Waals surface area contributed by atoms with Gasteiger partial charge in [-0.1, -0.05) is 19.1 Å². The molecular formula is C17H21N3O. The number of benzene rings is 1. The van der Waals surface area contributed by atoms with Gasteiger partial charge >= 0.3 is 0 Å². The molecule has 0 saturated heterocycles. The van der Waals surface area contributed by atoms with Crippen LogP contribution >= 0.6 is 0 Å². The Morgan fingerprint density at radius 2 is 1.95 bits per heavy atom. The summed E-state index contributed by atoms with van der Waals surface area (Å²) in [5.41, 5.74) is 3.86. The molecule has 110 valence electrons. The number of nitrogens with zero attached hydrogens (tertiary/aromatic N) is 1. The van der Waals surface area contributed by atoms with Crippen LogP contribution in [0.5, 0.6) is 0 Å². The Morgan fingerprint density at radius 3 is 2.62 bits per heavy atom. The molecular weight excluding hydrogens is 262 g/mol. The van der Waals surface area contributed by atoms with Gasteiger partial charge in [-0.05, 0) is 43.7 Å². The van der Waals surface area contributed by atoms with Gasteiger partial charge in [0.15, 0.2) is 0 Å². The average Bonchev–Trinajstić information content (AvgIpc) is 2.52. The van der Waals surface area contributed by atoms with Crippen LogP contribution in [-0.4, -0.2) is 10.9 Å². The first-order valence-corrected chi connectivity index (χ1v) is 7.18. The minimum absolute atomic E-state index is 0.0213. The maximum absolute atomic E-state index is 11.5. The van der Waals surface area contributed by atoms with Crippen molar-refractivity contribution in [3.63, 3.8) is 0 Å². The Balaban J connectivity index is 2.17. The summed E-state index contributed by atoms with van der Waals surface area (Å²) < 4.78 is 0. The number of amides is 1. The lowest BCUT2D eigenvalue weighted by molar-refractivity contribution is -0.115. The van der Waals surface area contributed by atoms with E-state index in [4.69, 9.17) is 0 Å². The van der Waals surface area contributed by atoms with E-state index < -0.39 is 0 Å². The number of hydrogen-bond donors (Lipinski definition) is 2. The van der Waals surface area contributed by atoms with Crippen LogP contribution < -0.4 is 10.6 Å². The predicted molar refractivity (Wildman–Crippen MR) is 86.4 cm³/mol. The number of rotatable bonds is 5. The monoisotopic (exact) mass is 283 g/mol. The van der Waals surface area contributed by atoms with Gasteiger partial charge in [0.2, 0.25) is 5.91 Å². The van der Waals surface area contributed by atoms with Crippen molar-refractivity contribution in [2.75, 3.05) is 10.6 Å². The molecule has 1 amide bonds. The number of pyridine rings is 1. The molecule has 0 bridgehead atoms. The molecule has 0 aliphatic rings. The molecule has 0 fully saturated rings. The summed E-state index contributed by atoms with van der Waals surface area (Å²) in [6, 6.07) is 11.8. The van der Waals surface area contributed by atoms with Crippen molar-refractivity contribution in [1.82, 2.24) is 4.98 Å². The number of hydrogen-bond acceptors (Lipinski definition) is 3. The summed E-state index contributed by atoms with van der Waals surface area (Å²) in [6.07, 6.45) is 2.26. The molecule has 2 rings (SSSR count). The molecule has 2 aromatic rings. The van der Waals surface area contributed by atoms with E-state index in [2.05, 4.69) is 22.5 Å². The van der Waals surface area contributed by atoms with E-state index in [0.29, 0.717) is 6.42 Å². The summed E-state index contributed by atoms with van der Waals surface area (Å²) in [7, 11) is 0. The highest BCUT2D eigenvalue weighted by molar-refractivity contribution is 5.92. The summed E-state index contributed by atoms with van der Waals surface area (Å²) in [5.74, 6) is 0.0213. The van der Waals surface area contributed by atoms with Gasteiger partial charge in [0.1, 0.15) is 0 Å². The molecule has 0 aliphatic carbocycles. The van der Waals surface area contributed by atoms with Crippen LogP contribution in [0.4, 0.5) is 11.4 Å². The smallest absolute Gasteiger partial charge is 0.224 e. The molecule has 4 nitrogen and oxygen atoms in total. The maximum Gasteiger partial charge on any atom is 0.224 e. The van der Waals surface area contributed by atoms with Gasteiger partial charge in [0.05, 0.1) is 11.7 Å². The van der Waals surface area contributed by atoms with E-state index >= 15 is 0 Å². The normalized spacial score (nSPS) is 11.8. The molecule has 1 atom stereocenters. The van der Waals surface area contributed by atoms with E-state index in [-0.39, 0.29) is 11.9 Å². The Kier molecular flexibility index (Phi) is 4.93. The Morgan fingerprint density at radius 1 is 1.19 bits per heavy atom.